The Labute approximate surface area is 150 Å². The van der Waals surface area contributed by atoms with Crippen molar-refractivity contribution in [1.29, 1.82) is 0 Å². The average molecular weight is 660 g/mol. The smallest absolute Gasteiger partial charge is 0 e. The Bertz CT molecular complexity index is 291. The number of rotatable bonds is 0. The van der Waals surface area contributed by atoms with E-state index < -0.39 is 31.3 Å². The Balaban J connectivity index is -0.0000000376. The summed E-state index contributed by atoms with van der Waals surface area (Å²) in [6.45, 7) is 0. The second-order valence-corrected chi connectivity index (χ2v) is 5.37. The summed E-state index contributed by atoms with van der Waals surface area (Å²) in [5.41, 5.74) is 0. The van der Waals surface area contributed by atoms with Crippen molar-refractivity contribution in [3.8, 4) is 0 Å². The fourth-order valence-electron chi connectivity index (χ4n) is 0. The van der Waals surface area contributed by atoms with Crippen LogP contribution in [0, 0.1) is 0 Å². The monoisotopic (exact) mass is 662 g/mol. The quantitative estimate of drug-likeness (QED) is 0.172. The van der Waals surface area contributed by atoms with Gasteiger partial charge in [0.2, 0.25) is 0 Å². The van der Waals surface area contributed by atoms with Gasteiger partial charge in [-0.05, 0) is 0 Å². The minimum atomic E-state index is -5.39. The molecule has 0 aromatic heterocycles. The molecule has 140 valence electrons. The molecular formula is MoO16P4W-12. The van der Waals surface area contributed by atoms with E-state index >= 15 is 0 Å². The normalized spacial score (nSPS) is 10.7. The van der Waals surface area contributed by atoms with Crippen LogP contribution in [0.4, 0.5) is 0 Å². The van der Waals surface area contributed by atoms with Gasteiger partial charge in [-0.3, -0.25) is 0 Å². The van der Waals surface area contributed by atoms with Gasteiger partial charge in [-0.15, -0.1) is 0 Å². The van der Waals surface area contributed by atoms with Gasteiger partial charge in [0.1, 0.15) is 0 Å². The molecule has 0 aliphatic carbocycles. The van der Waals surface area contributed by atoms with Crippen molar-refractivity contribution in [2.75, 3.05) is 0 Å². The molecule has 0 aliphatic heterocycles. The van der Waals surface area contributed by atoms with E-state index in [1.54, 1.807) is 0 Å². The molecule has 0 atom stereocenters. The third-order valence-electron chi connectivity index (χ3n) is 0. The molecule has 0 unspecified atom stereocenters. The summed E-state index contributed by atoms with van der Waals surface area (Å²) in [5.74, 6) is 0. The maximum Gasteiger partial charge on any atom is 0 e. The van der Waals surface area contributed by atoms with E-state index in [2.05, 4.69) is 0 Å². The Kier molecular flexibility index (Phi) is 28.9. The summed E-state index contributed by atoms with van der Waals surface area (Å²) in [4.78, 5) is 103. The maximum atomic E-state index is 8.55. The largest absolute Gasteiger partial charge is 0.822 e. The van der Waals surface area contributed by atoms with Crippen LogP contribution in [0.25, 0.3) is 0 Å². The fraction of sp³-hybridized carbons (Fsp3) is 0. The number of phosphoric acid groups is 4. The molecule has 0 N–H and O–H groups in total. The molecule has 0 spiro atoms. The molecule has 0 heterocycles. The van der Waals surface area contributed by atoms with Gasteiger partial charge in [0.15, 0.2) is 0 Å². The first kappa shape index (κ1) is 39.1. The molecule has 0 aromatic rings. The Morgan fingerprint density at radius 1 is 0.364 bits per heavy atom. The van der Waals surface area contributed by atoms with Crippen molar-refractivity contribution in [2.24, 2.45) is 0 Å². The van der Waals surface area contributed by atoms with Crippen LogP contribution >= 0.6 is 31.3 Å². The Hall–Kier alpha value is 1.82. The fourth-order valence-corrected chi connectivity index (χ4v) is 0. The van der Waals surface area contributed by atoms with Gasteiger partial charge in [-0.2, -0.15) is 31.3 Å². The minimum absolute atomic E-state index is 0. The second-order valence-electron chi connectivity index (χ2n) is 1.79. The molecule has 0 radical (unpaired) electrons. The molecule has 0 fully saturated rings. The van der Waals surface area contributed by atoms with Gasteiger partial charge < -0.3 is 77.0 Å². The number of hydrogen-bond acceptors (Lipinski definition) is 16. The number of hydrogen-bond donors (Lipinski definition) is 0. The molecule has 16 nitrogen and oxygen atoms in total. The van der Waals surface area contributed by atoms with Crippen molar-refractivity contribution < 1.29 is 119 Å². The van der Waals surface area contributed by atoms with Gasteiger partial charge in [-0.25, -0.2) is 0 Å². The second kappa shape index (κ2) is 16.3. The summed E-state index contributed by atoms with van der Waals surface area (Å²) < 4.78 is 34.2. The predicted molar refractivity (Wildman–Crippen MR) is 30.4 cm³/mol. The molecule has 0 rings (SSSR count). The van der Waals surface area contributed by atoms with Gasteiger partial charge in [0, 0.05) is 42.1 Å². The Morgan fingerprint density at radius 2 is 0.364 bits per heavy atom. The standard InChI is InChI=1S/Mo.4H3O4P.W/c;4*1-5(2,3)4;/h;4*(H3,1,2,3,4);/p-12. The molecule has 0 aliphatic rings. The predicted octanol–water partition coefficient (Wildman–Crippen LogP) is -11.3. The minimum Gasteiger partial charge on any atom is -0.822 e. The van der Waals surface area contributed by atoms with Crippen LogP contribution in [0.2, 0.25) is 0 Å². The molecule has 0 saturated heterocycles. The maximum absolute atomic E-state index is 8.55. The third kappa shape index (κ3) is 2860. The van der Waals surface area contributed by atoms with Crippen molar-refractivity contribution in [3.05, 3.63) is 0 Å². The zero-order valence-electron chi connectivity index (χ0n) is 9.14. The summed E-state index contributed by atoms with van der Waals surface area (Å²) in [5, 5.41) is 0. The molecule has 22 heteroatoms. The van der Waals surface area contributed by atoms with Crippen molar-refractivity contribution in [3.63, 3.8) is 0 Å². The Morgan fingerprint density at radius 3 is 0.364 bits per heavy atom. The molecule has 0 bridgehead atoms. The van der Waals surface area contributed by atoms with Crippen LogP contribution in [0.5, 0.6) is 0 Å². The first-order valence-corrected chi connectivity index (χ1v) is 8.76. The van der Waals surface area contributed by atoms with Crippen LogP contribution in [0.15, 0.2) is 0 Å². The average Bonchev–Trinajstić information content (AvgIpc) is 1.62. The van der Waals surface area contributed by atoms with E-state index in [0.29, 0.717) is 0 Å². The SMILES string of the molecule is O=P([O-])([O-])[O-].O=P([O-])([O-])[O-].O=P([O-])([O-])[O-].O=P([O-])([O-])[O-].[Mo].[W]. The first-order valence-electron chi connectivity index (χ1n) is 2.92. The summed E-state index contributed by atoms with van der Waals surface area (Å²) in [6, 6.07) is 0. The summed E-state index contributed by atoms with van der Waals surface area (Å²) >= 11 is 0. The molecule has 22 heavy (non-hydrogen) atoms. The van der Waals surface area contributed by atoms with E-state index in [1.165, 1.54) is 0 Å². The van der Waals surface area contributed by atoms with E-state index in [0.717, 1.165) is 0 Å². The summed E-state index contributed by atoms with van der Waals surface area (Å²) in [6.07, 6.45) is 0. The van der Waals surface area contributed by atoms with Crippen LogP contribution in [0.3, 0.4) is 0 Å². The van der Waals surface area contributed by atoms with Crippen molar-refractivity contribution in [1.82, 2.24) is 0 Å². The van der Waals surface area contributed by atoms with E-state index in [4.69, 9.17) is 77.0 Å². The van der Waals surface area contributed by atoms with Crippen LogP contribution in [-0.2, 0) is 60.4 Å². The topological polar surface area (TPSA) is 345 Å². The zero-order valence-corrected chi connectivity index (χ0v) is 17.7. The molecule has 0 saturated carbocycles. The van der Waals surface area contributed by atoms with Crippen LogP contribution in [0.1, 0.15) is 0 Å². The molecule has 0 amide bonds. The van der Waals surface area contributed by atoms with Gasteiger partial charge >= 0.3 is 0 Å². The van der Waals surface area contributed by atoms with Crippen LogP contribution < -0.4 is 58.7 Å². The molecule has 0 aromatic carbocycles. The van der Waals surface area contributed by atoms with Crippen LogP contribution in [-0.4, -0.2) is 0 Å². The van der Waals surface area contributed by atoms with Gasteiger partial charge in [0.25, 0.3) is 0 Å². The van der Waals surface area contributed by atoms with Gasteiger partial charge in [-0.1, -0.05) is 0 Å². The first-order chi connectivity index (χ1) is 8.00. The van der Waals surface area contributed by atoms with Gasteiger partial charge in [0.05, 0.1) is 0 Å². The summed E-state index contributed by atoms with van der Waals surface area (Å²) in [7, 11) is -21.6. The van der Waals surface area contributed by atoms with E-state index in [1.807, 2.05) is 0 Å². The van der Waals surface area contributed by atoms with Crippen molar-refractivity contribution in [2.45, 2.75) is 0 Å². The van der Waals surface area contributed by atoms with E-state index in [-0.39, 0.29) is 42.1 Å². The third-order valence-corrected chi connectivity index (χ3v) is 0. The van der Waals surface area contributed by atoms with E-state index in [9.17, 15) is 0 Å². The van der Waals surface area contributed by atoms with Crippen molar-refractivity contribution >= 4 is 31.3 Å². The zero-order chi connectivity index (χ0) is 18.0. The molecular weight excluding hydrogens is 660 g/mol.